The molecule has 1 aliphatic rings. The lowest BCUT2D eigenvalue weighted by Gasteiger charge is -2.13. The Morgan fingerprint density at radius 2 is 1.59 bits per heavy atom. The Balaban J connectivity index is 1.76. The van der Waals surface area contributed by atoms with Crippen molar-refractivity contribution in [2.75, 3.05) is 7.05 Å². The van der Waals surface area contributed by atoms with E-state index < -0.39 is 0 Å². The maximum Gasteiger partial charge on any atom is 0.340 e. The smallest absolute Gasteiger partial charge is 0.340 e. The fourth-order valence-corrected chi connectivity index (χ4v) is 3.22. The van der Waals surface area contributed by atoms with Gasteiger partial charge in [-0.15, -0.1) is 0 Å². The molecule has 3 atom stereocenters. The van der Waals surface area contributed by atoms with Crippen molar-refractivity contribution in [2.45, 2.75) is 32.4 Å². The molecule has 2 aromatic carbocycles. The Labute approximate surface area is 133 Å². The summed E-state index contributed by atoms with van der Waals surface area (Å²) in [5.41, 5.74) is 2.61. The second-order valence-corrected chi connectivity index (χ2v) is 6.23. The molecule has 0 N–H and O–H groups in total. The lowest BCUT2D eigenvalue weighted by molar-refractivity contribution is -0.529. The molecule has 0 saturated carbocycles. The average molecular weight is 294 g/mol. The van der Waals surface area contributed by atoms with Crippen molar-refractivity contribution in [1.29, 1.82) is 0 Å². The van der Waals surface area contributed by atoms with Crippen molar-refractivity contribution in [2.24, 2.45) is 5.92 Å². The number of hydrogen-bond acceptors (Lipinski definition) is 1. The molecule has 0 aliphatic carbocycles. The molecule has 3 rings (SSSR count). The van der Waals surface area contributed by atoms with Gasteiger partial charge in [-0.25, -0.2) is 0 Å². The zero-order valence-corrected chi connectivity index (χ0v) is 13.6. The third kappa shape index (κ3) is 2.92. The van der Waals surface area contributed by atoms with Gasteiger partial charge in [0, 0.05) is 6.92 Å². The standard InChI is InChI=1S/C20H24NO/c1-15(14-17-10-6-4-7-11-17)20-21(3)16(2)19(22-20)18-12-8-5-9-13-18/h4-13,15-16,19H,14H2,1-3H3/q+1/t15-,16+,19+/m1/s1. The summed E-state index contributed by atoms with van der Waals surface area (Å²) in [7, 11) is 2.14. The van der Waals surface area contributed by atoms with Crippen molar-refractivity contribution in [1.82, 2.24) is 0 Å². The first-order valence-corrected chi connectivity index (χ1v) is 8.02. The molecule has 0 aromatic heterocycles. The largest absolute Gasteiger partial charge is 0.433 e. The molecular formula is C20H24NO+. The third-order valence-corrected chi connectivity index (χ3v) is 4.58. The van der Waals surface area contributed by atoms with Crippen LogP contribution in [0, 0.1) is 5.92 Å². The van der Waals surface area contributed by atoms with Gasteiger partial charge in [0.1, 0.15) is 7.05 Å². The van der Waals surface area contributed by atoms with Gasteiger partial charge in [-0.1, -0.05) is 60.7 Å². The van der Waals surface area contributed by atoms with Gasteiger partial charge in [-0.3, -0.25) is 0 Å². The van der Waals surface area contributed by atoms with E-state index in [1.807, 2.05) is 0 Å². The zero-order chi connectivity index (χ0) is 15.5. The third-order valence-electron chi connectivity index (χ3n) is 4.58. The molecule has 0 fully saturated rings. The second-order valence-electron chi connectivity index (χ2n) is 6.23. The first kappa shape index (κ1) is 14.8. The SMILES string of the molecule is C[C@H](Cc1ccccc1)C1=[N+](C)[C@@H](C)[C@@H](c2ccccc2)O1. The Morgan fingerprint density at radius 3 is 2.23 bits per heavy atom. The van der Waals surface area contributed by atoms with Crippen LogP contribution < -0.4 is 0 Å². The lowest BCUT2D eigenvalue weighted by Crippen LogP contribution is -2.24. The fraction of sp³-hybridized carbons (Fsp3) is 0.350. The van der Waals surface area contributed by atoms with Gasteiger partial charge in [-0.2, -0.15) is 4.58 Å². The van der Waals surface area contributed by atoms with Crippen LogP contribution in [0.1, 0.15) is 31.1 Å². The molecule has 0 unspecified atom stereocenters. The van der Waals surface area contributed by atoms with E-state index in [0.29, 0.717) is 12.0 Å². The van der Waals surface area contributed by atoms with E-state index in [0.717, 1.165) is 12.3 Å². The van der Waals surface area contributed by atoms with Crippen molar-refractivity contribution in [3.8, 4) is 0 Å². The minimum Gasteiger partial charge on any atom is -0.433 e. The number of hydrogen-bond donors (Lipinski definition) is 0. The van der Waals surface area contributed by atoms with Crippen LogP contribution in [0.4, 0.5) is 0 Å². The summed E-state index contributed by atoms with van der Waals surface area (Å²) in [6, 6.07) is 21.5. The first-order chi connectivity index (χ1) is 10.7. The quantitative estimate of drug-likeness (QED) is 0.774. The molecule has 0 radical (unpaired) electrons. The number of rotatable bonds is 4. The highest BCUT2D eigenvalue weighted by Crippen LogP contribution is 2.30. The molecule has 114 valence electrons. The van der Waals surface area contributed by atoms with Crippen molar-refractivity contribution >= 4 is 5.90 Å². The van der Waals surface area contributed by atoms with E-state index in [-0.39, 0.29) is 6.10 Å². The maximum atomic E-state index is 6.35. The highest BCUT2D eigenvalue weighted by atomic mass is 16.5. The van der Waals surface area contributed by atoms with E-state index in [2.05, 4.69) is 86.1 Å². The summed E-state index contributed by atoms with van der Waals surface area (Å²) in [4.78, 5) is 0. The Bertz CT molecular complexity index is 648. The van der Waals surface area contributed by atoms with Crippen LogP contribution in [0.15, 0.2) is 60.7 Å². The number of likely N-dealkylation sites (N-methyl/N-ethyl adjacent to an activating group) is 1. The Hall–Kier alpha value is -2.09. The molecular weight excluding hydrogens is 270 g/mol. The van der Waals surface area contributed by atoms with Gasteiger partial charge in [0.15, 0.2) is 12.1 Å². The monoisotopic (exact) mass is 294 g/mol. The van der Waals surface area contributed by atoms with Gasteiger partial charge < -0.3 is 4.74 Å². The normalized spacial score (nSPS) is 22.5. The second kappa shape index (κ2) is 6.35. The van der Waals surface area contributed by atoms with Crippen LogP contribution in [-0.2, 0) is 11.2 Å². The highest BCUT2D eigenvalue weighted by Gasteiger charge is 2.41. The van der Waals surface area contributed by atoms with Crippen molar-refractivity contribution in [3.05, 3.63) is 71.8 Å². The van der Waals surface area contributed by atoms with Crippen LogP contribution >= 0.6 is 0 Å². The maximum absolute atomic E-state index is 6.35. The van der Waals surface area contributed by atoms with Crippen LogP contribution in [0.5, 0.6) is 0 Å². The summed E-state index contributed by atoms with van der Waals surface area (Å²) >= 11 is 0. The Morgan fingerprint density at radius 1 is 1.00 bits per heavy atom. The molecule has 0 spiro atoms. The molecule has 1 aliphatic heterocycles. The van der Waals surface area contributed by atoms with E-state index in [1.54, 1.807) is 0 Å². The molecule has 2 aromatic rings. The van der Waals surface area contributed by atoms with Gasteiger partial charge in [0.2, 0.25) is 0 Å². The summed E-state index contributed by atoms with van der Waals surface area (Å²) in [5.74, 6) is 1.48. The van der Waals surface area contributed by atoms with E-state index in [1.165, 1.54) is 11.1 Å². The number of nitrogens with zero attached hydrogens (tertiary/aromatic N) is 1. The van der Waals surface area contributed by atoms with Crippen molar-refractivity contribution in [3.63, 3.8) is 0 Å². The molecule has 0 amide bonds. The van der Waals surface area contributed by atoms with E-state index in [9.17, 15) is 0 Å². The summed E-state index contributed by atoms with van der Waals surface area (Å²) < 4.78 is 8.65. The van der Waals surface area contributed by atoms with Gasteiger partial charge in [0.05, 0.1) is 5.92 Å². The van der Waals surface area contributed by atoms with E-state index in [4.69, 9.17) is 4.74 Å². The summed E-state index contributed by atoms with van der Waals surface area (Å²) in [6.07, 6.45) is 1.13. The molecule has 22 heavy (non-hydrogen) atoms. The van der Waals surface area contributed by atoms with E-state index >= 15 is 0 Å². The first-order valence-electron chi connectivity index (χ1n) is 8.02. The van der Waals surface area contributed by atoms with Gasteiger partial charge >= 0.3 is 5.90 Å². The predicted octanol–water partition coefficient (Wildman–Crippen LogP) is 4.07. The van der Waals surface area contributed by atoms with Crippen LogP contribution in [0.25, 0.3) is 0 Å². The molecule has 0 bridgehead atoms. The molecule has 1 heterocycles. The lowest BCUT2D eigenvalue weighted by atomic mass is 10.0. The minimum atomic E-state index is 0.124. The number of ether oxygens (including phenoxy) is 1. The van der Waals surface area contributed by atoms with Gasteiger partial charge in [0.25, 0.3) is 0 Å². The molecule has 0 saturated heterocycles. The minimum absolute atomic E-state index is 0.124. The predicted molar refractivity (Wildman–Crippen MR) is 90.2 cm³/mol. The zero-order valence-electron chi connectivity index (χ0n) is 13.6. The van der Waals surface area contributed by atoms with Crippen LogP contribution in [-0.4, -0.2) is 23.6 Å². The number of benzene rings is 2. The highest BCUT2D eigenvalue weighted by molar-refractivity contribution is 5.75. The fourth-order valence-electron chi connectivity index (χ4n) is 3.22. The van der Waals surface area contributed by atoms with Crippen LogP contribution in [0.3, 0.4) is 0 Å². The topological polar surface area (TPSA) is 12.2 Å². The van der Waals surface area contributed by atoms with Crippen LogP contribution in [0.2, 0.25) is 0 Å². The average Bonchev–Trinajstić information content (AvgIpc) is 2.85. The van der Waals surface area contributed by atoms with Crippen molar-refractivity contribution < 1.29 is 9.31 Å². The summed E-state index contributed by atoms with van der Waals surface area (Å²) in [5, 5.41) is 0. The van der Waals surface area contributed by atoms with Gasteiger partial charge in [-0.05, 0) is 24.5 Å². The summed E-state index contributed by atoms with van der Waals surface area (Å²) in [6.45, 7) is 4.48. The molecule has 2 nitrogen and oxygen atoms in total. The Kier molecular flexibility index (Phi) is 4.28. The molecule has 2 heteroatoms.